The number of amides is 2. The van der Waals surface area contributed by atoms with Crippen molar-refractivity contribution in [1.29, 1.82) is 0 Å². The van der Waals surface area contributed by atoms with Crippen LogP contribution < -0.4 is 5.32 Å². The fraction of sp³-hybridized carbons (Fsp3) is 0.300. The van der Waals surface area contributed by atoms with Crippen LogP contribution in [0.1, 0.15) is 40.5 Å². The van der Waals surface area contributed by atoms with Crippen LogP contribution in [0.5, 0.6) is 0 Å². The average molecular weight is 391 g/mol. The van der Waals surface area contributed by atoms with E-state index in [4.69, 9.17) is 23.2 Å². The highest BCUT2D eigenvalue weighted by Crippen LogP contribution is 2.25. The lowest BCUT2D eigenvalue weighted by Gasteiger charge is -2.31. The third-order valence-electron chi connectivity index (χ3n) is 4.49. The zero-order valence-corrected chi connectivity index (χ0v) is 16.0. The summed E-state index contributed by atoms with van der Waals surface area (Å²) in [6.07, 6.45) is 2.17. The summed E-state index contributed by atoms with van der Waals surface area (Å²) in [7, 11) is 0. The first-order valence-corrected chi connectivity index (χ1v) is 9.35. The van der Waals surface area contributed by atoms with Crippen LogP contribution in [-0.2, 0) is 0 Å². The fourth-order valence-electron chi connectivity index (χ4n) is 3.13. The highest BCUT2D eigenvalue weighted by molar-refractivity contribution is 6.42. The van der Waals surface area contributed by atoms with Gasteiger partial charge in [0, 0.05) is 29.9 Å². The number of hydrogen-bond donors (Lipinski definition) is 1. The number of benzene rings is 2. The summed E-state index contributed by atoms with van der Waals surface area (Å²) in [4.78, 5) is 27.1. The van der Waals surface area contributed by atoms with Crippen LogP contribution >= 0.6 is 23.2 Å². The number of rotatable bonds is 3. The first-order valence-electron chi connectivity index (χ1n) is 8.60. The van der Waals surface area contributed by atoms with Crippen LogP contribution in [0.2, 0.25) is 10.0 Å². The second kappa shape index (κ2) is 8.11. The maximum atomic E-state index is 12.7. The van der Waals surface area contributed by atoms with Crippen molar-refractivity contribution in [3.63, 3.8) is 0 Å². The molecule has 1 aliphatic heterocycles. The molecule has 2 aromatic carbocycles. The van der Waals surface area contributed by atoms with E-state index in [2.05, 4.69) is 12.2 Å². The average Bonchev–Trinajstić information content (AvgIpc) is 2.64. The van der Waals surface area contributed by atoms with Gasteiger partial charge in [-0.15, -0.1) is 0 Å². The lowest BCUT2D eigenvalue weighted by atomic mass is 9.99. The van der Waals surface area contributed by atoms with Gasteiger partial charge in [0.15, 0.2) is 0 Å². The Hall–Kier alpha value is -2.04. The highest BCUT2D eigenvalue weighted by atomic mass is 35.5. The van der Waals surface area contributed by atoms with Crippen molar-refractivity contribution in [3.05, 3.63) is 63.6 Å². The van der Waals surface area contributed by atoms with Gasteiger partial charge >= 0.3 is 0 Å². The van der Waals surface area contributed by atoms with Gasteiger partial charge in [0.05, 0.1) is 10.0 Å². The number of carbonyl (C=O) groups is 2. The topological polar surface area (TPSA) is 49.4 Å². The van der Waals surface area contributed by atoms with Crippen LogP contribution in [0.25, 0.3) is 0 Å². The molecule has 1 fully saturated rings. The van der Waals surface area contributed by atoms with E-state index in [0.29, 0.717) is 32.8 Å². The molecule has 26 heavy (non-hydrogen) atoms. The van der Waals surface area contributed by atoms with E-state index in [-0.39, 0.29) is 11.8 Å². The van der Waals surface area contributed by atoms with Crippen molar-refractivity contribution in [2.75, 3.05) is 18.4 Å². The van der Waals surface area contributed by atoms with Gasteiger partial charge in [-0.1, -0.05) is 36.2 Å². The van der Waals surface area contributed by atoms with Gasteiger partial charge < -0.3 is 10.2 Å². The van der Waals surface area contributed by atoms with Gasteiger partial charge in [0.2, 0.25) is 0 Å². The Labute approximate surface area is 163 Å². The van der Waals surface area contributed by atoms with E-state index < -0.39 is 0 Å². The normalized spacial score (nSPS) is 17.0. The van der Waals surface area contributed by atoms with Crippen LogP contribution in [0.4, 0.5) is 5.69 Å². The zero-order chi connectivity index (χ0) is 18.7. The van der Waals surface area contributed by atoms with Crippen LogP contribution in [0.3, 0.4) is 0 Å². The minimum Gasteiger partial charge on any atom is -0.338 e. The molecule has 0 spiro atoms. The molecule has 1 unspecified atom stereocenters. The van der Waals surface area contributed by atoms with Gasteiger partial charge in [0.25, 0.3) is 11.8 Å². The highest BCUT2D eigenvalue weighted by Gasteiger charge is 2.22. The lowest BCUT2D eigenvalue weighted by molar-refractivity contribution is 0.0683. The number of anilines is 1. The Morgan fingerprint density at radius 2 is 1.85 bits per heavy atom. The van der Waals surface area contributed by atoms with Crippen molar-refractivity contribution >= 4 is 40.7 Å². The quantitative estimate of drug-likeness (QED) is 0.790. The van der Waals surface area contributed by atoms with Gasteiger partial charge in [0.1, 0.15) is 0 Å². The van der Waals surface area contributed by atoms with Crippen molar-refractivity contribution in [2.24, 2.45) is 5.92 Å². The Balaban J connectivity index is 1.74. The molecular weight excluding hydrogens is 371 g/mol. The standard InChI is InChI=1S/C20H20Cl2N2O2/c1-13-4-3-9-24(12-13)20(26)15-6-2-5-14(10-15)19(25)23-16-7-8-17(21)18(22)11-16/h2,5-8,10-11,13H,3-4,9,12H2,1H3,(H,23,25). The minimum atomic E-state index is -0.301. The Morgan fingerprint density at radius 3 is 2.58 bits per heavy atom. The maximum Gasteiger partial charge on any atom is 0.255 e. The molecule has 0 bridgehead atoms. The Bertz CT molecular complexity index is 838. The molecule has 1 aliphatic rings. The van der Waals surface area contributed by atoms with Crippen molar-refractivity contribution < 1.29 is 9.59 Å². The lowest BCUT2D eigenvalue weighted by Crippen LogP contribution is -2.39. The SMILES string of the molecule is CC1CCCN(C(=O)c2cccc(C(=O)Nc3ccc(Cl)c(Cl)c3)c2)C1. The van der Waals surface area contributed by atoms with Crippen molar-refractivity contribution in [1.82, 2.24) is 4.90 Å². The summed E-state index contributed by atoms with van der Waals surface area (Å²) >= 11 is 11.9. The molecule has 1 atom stereocenters. The summed E-state index contributed by atoms with van der Waals surface area (Å²) < 4.78 is 0. The van der Waals surface area contributed by atoms with E-state index in [1.54, 1.807) is 42.5 Å². The number of nitrogens with zero attached hydrogens (tertiary/aromatic N) is 1. The molecule has 0 aliphatic carbocycles. The van der Waals surface area contributed by atoms with E-state index in [9.17, 15) is 9.59 Å². The molecular formula is C20H20Cl2N2O2. The van der Waals surface area contributed by atoms with Crippen molar-refractivity contribution in [3.8, 4) is 0 Å². The Morgan fingerprint density at radius 1 is 1.08 bits per heavy atom. The van der Waals surface area contributed by atoms with Crippen molar-refractivity contribution in [2.45, 2.75) is 19.8 Å². The molecule has 2 aromatic rings. The molecule has 1 N–H and O–H groups in total. The predicted octanol–water partition coefficient (Wildman–Crippen LogP) is 5.12. The minimum absolute atomic E-state index is 0.0271. The number of carbonyl (C=O) groups excluding carboxylic acids is 2. The Kier molecular flexibility index (Phi) is 5.84. The summed E-state index contributed by atoms with van der Waals surface area (Å²) in [5.74, 6) is 0.180. The van der Waals surface area contributed by atoms with Crippen LogP contribution in [0.15, 0.2) is 42.5 Å². The summed E-state index contributed by atoms with van der Waals surface area (Å²) in [6, 6.07) is 11.7. The van der Waals surface area contributed by atoms with Gasteiger partial charge in [-0.05, 0) is 55.2 Å². The van der Waals surface area contributed by atoms with Crippen LogP contribution in [0, 0.1) is 5.92 Å². The molecule has 1 saturated heterocycles. The first-order chi connectivity index (χ1) is 12.4. The third kappa shape index (κ3) is 4.37. The van der Waals surface area contributed by atoms with E-state index in [0.717, 1.165) is 25.9 Å². The van der Waals surface area contributed by atoms with Gasteiger partial charge in [-0.2, -0.15) is 0 Å². The number of halogens is 2. The smallest absolute Gasteiger partial charge is 0.255 e. The van der Waals surface area contributed by atoms with Gasteiger partial charge in [-0.3, -0.25) is 9.59 Å². The number of nitrogens with one attached hydrogen (secondary N) is 1. The zero-order valence-electron chi connectivity index (χ0n) is 14.5. The molecule has 0 saturated carbocycles. The number of hydrogen-bond acceptors (Lipinski definition) is 2. The second-order valence-electron chi connectivity index (χ2n) is 6.66. The molecule has 6 heteroatoms. The first kappa shape index (κ1) is 18.7. The third-order valence-corrected chi connectivity index (χ3v) is 5.23. The molecule has 1 heterocycles. The van der Waals surface area contributed by atoms with E-state index in [1.165, 1.54) is 0 Å². The van der Waals surface area contributed by atoms with Crippen LogP contribution in [-0.4, -0.2) is 29.8 Å². The summed E-state index contributed by atoms with van der Waals surface area (Å²) in [5, 5.41) is 3.56. The molecule has 0 aromatic heterocycles. The monoisotopic (exact) mass is 390 g/mol. The summed E-state index contributed by atoms with van der Waals surface area (Å²) in [6.45, 7) is 3.68. The molecule has 2 amide bonds. The largest absolute Gasteiger partial charge is 0.338 e. The molecule has 136 valence electrons. The number of piperidine rings is 1. The van der Waals surface area contributed by atoms with E-state index in [1.807, 2.05) is 4.90 Å². The van der Waals surface area contributed by atoms with E-state index >= 15 is 0 Å². The second-order valence-corrected chi connectivity index (χ2v) is 7.48. The molecule has 3 rings (SSSR count). The maximum absolute atomic E-state index is 12.7. The predicted molar refractivity (Wildman–Crippen MR) is 105 cm³/mol. The molecule has 4 nitrogen and oxygen atoms in total. The summed E-state index contributed by atoms with van der Waals surface area (Å²) in [5.41, 5.74) is 1.50. The number of likely N-dealkylation sites (tertiary alicyclic amines) is 1. The molecule has 0 radical (unpaired) electrons. The van der Waals surface area contributed by atoms with Gasteiger partial charge in [-0.25, -0.2) is 0 Å². The fourth-order valence-corrected chi connectivity index (χ4v) is 3.43.